The van der Waals surface area contributed by atoms with Crippen molar-refractivity contribution in [2.24, 2.45) is 0 Å². The second-order valence-electron chi connectivity index (χ2n) is 3.54. The molecule has 0 saturated heterocycles. The summed E-state index contributed by atoms with van der Waals surface area (Å²) in [4.78, 5) is 0. The summed E-state index contributed by atoms with van der Waals surface area (Å²) in [5.74, 6) is 0.119. The Bertz CT molecular complexity index is 492. The molecule has 2 aromatic carbocycles. The van der Waals surface area contributed by atoms with E-state index in [1.807, 2.05) is 31.2 Å². The lowest BCUT2D eigenvalue weighted by Gasteiger charge is -2.04. The van der Waals surface area contributed by atoms with Gasteiger partial charge < -0.3 is 5.11 Å². The largest absolute Gasteiger partial charge is 0.506 e. The molecule has 2 heteroatoms. The van der Waals surface area contributed by atoms with Gasteiger partial charge in [-0.05, 0) is 30.2 Å². The first-order chi connectivity index (χ1) is 7.16. The van der Waals surface area contributed by atoms with Crippen LogP contribution in [0.4, 0.5) is 0 Å². The monoisotopic (exact) mass is 218 g/mol. The highest BCUT2D eigenvalue weighted by Gasteiger charge is 2.02. The predicted octanol–water partition coefficient (Wildman–Crippen LogP) is 4.02. The molecule has 0 aromatic heterocycles. The van der Waals surface area contributed by atoms with E-state index in [9.17, 15) is 5.11 Å². The van der Waals surface area contributed by atoms with Crippen LogP contribution < -0.4 is 0 Å². The molecule has 0 bridgehead atoms. The van der Waals surface area contributed by atoms with Gasteiger partial charge in [0.25, 0.3) is 0 Å². The molecule has 76 valence electrons. The van der Waals surface area contributed by atoms with E-state index in [0.717, 1.165) is 11.1 Å². The third kappa shape index (κ3) is 2.13. The van der Waals surface area contributed by atoms with Gasteiger partial charge >= 0.3 is 0 Å². The Hall–Kier alpha value is -1.47. The van der Waals surface area contributed by atoms with Crippen LogP contribution in [0.1, 0.15) is 5.56 Å². The Kier molecular flexibility index (Phi) is 2.65. The van der Waals surface area contributed by atoms with Crippen molar-refractivity contribution < 1.29 is 5.11 Å². The zero-order valence-electron chi connectivity index (χ0n) is 8.37. The minimum absolute atomic E-state index is 0.119. The standard InChI is InChI=1S/C13H11ClO/c1-9-3-2-4-10(7-9)11-5-6-13(15)12(14)8-11/h2-8,15H,1H3. The lowest BCUT2D eigenvalue weighted by molar-refractivity contribution is 0.475. The molecule has 0 spiro atoms. The fraction of sp³-hybridized carbons (Fsp3) is 0.0769. The maximum absolute atomic E-state index is 9.31. The average Bonchev–Trinajstić information content (AvgIpc) is 2.22. The lowest BCUT2D eigenvalue weighted by atomic mass is 10.0. The molecular weight excluding hydrogens is 208 g/mol. The third-order valence-electron chi connectivity index (χ3n) is 2.30. The first-order valence-electron chi connectivity index (χ1n) is 4.72. The summed E-state index contributed by atoms with van der Waals surface area (Å²) in [5, 5.41) is 9.70. The lowest BCUT2D eigenvalue weighted by Crippen LogP contribution is -1.79. The molecule has 2 rings (SSSR count). The normalized spacial score (nSPS) is 10.3. The fourth-order valence-corrected chi connectivity index (χ4v) is 1.69. The van der Waals surface area contributed by atoms with Crippen molar-refractivity contribution >= 4 is 11.6 Å². The van der Waals surface area contributed by atoms with Crippen LogP contribution in [-0.2, 0) is 0 Å². The molecular formula is C13H11ClO. The van der Waals surface area contributed by atoms with Gasteiger partial charge in [-0.25, -0.2) is 0 Å². The molecule has 0 radical (unpaired) electrons. The van der Waals surface area contributed by atoms with Gasteiger partial charge in [-0.2, -0.15) is 0 Å². The predicted molar refractivity (Wildman–Crippen MR) is 63.3 cm³/mol. The van der Waals surface area contributed by atoms with Crippen LogP contribution in [-0.4, -0.2) is 5.11 Å². The molecule has 15 heavy (non-hydrogen) atoms. The number of halogens is 1. The van der Waals surface area contributed by atoms with Gasteiger partial charge in [-0.15, -0.1) is 0 Å². The van der Waals surface area contributed by atoms with Crippen LogP contribution >= 0.6 is 11.6 Å². The summed E-state index contributed by atoms with van der Waals surface area (Å²) in [5.41, 5.74) is 3.33. The van der Waals surface area contributed by atoms with E-state index in [-0.39, 0.29) is 5.75 Å². The summed E-state index contributed by atoms with van der Waals surface area (Å²) in [6.45, 7) is 2.05. The number of aromatic hydroxyl groups is 1. The molecule has 0 heterocycles. The van der Waals surface area contributed by atoms with Crippen molar-refractivity contribution in [1.82, 2.24) is 0 Å². The Morgan fingerprint density at radius 1 is 1.00 bits per heavy atom. The van der Waals surface area contributed by atoms with Crippen molar-refractivity contribution in [3.8, 4) is 16.9 Å². The van der Waals surface area contributed by atoms with Gasteiger partial charge in [-0.3, -0.25) is 0 Å². The third-order valence-corrected chi connectivity index (χ3v) is 2.60. The van der Waals surface area contributed by atoms with Gasteiger partial charge in [0.2, 0.25) is 0 Å². The topological polar surface area (TPSA) is 20.2 Å². The van der Waals surface area contributed by atoms with Gasteiger partial charge in [0, 0.05) is 0 Å². The zero-order chi connectivity index (χ0) is 10.8. The second-order valence-corrected chi connectivity index (χ2v) is 3.94. The molecule has 0 unspecified atom stereocenters. The fourth-order valence-electron chi connectivity index (χ4n) is 1.51. The van der Waals surface area contributed by atoms with Crippen molar-refractivity contribution in [2.45, 2.75) is 6.92 Å². The number of hydrogen-bond donors (Lipinski definition) is 1. The molecule has 0 fully saturated rings. The van der Waals surface area contributed by atoms with E-state index >= 15 is 0 Å². The molecule has 0 saturated carbocycles. The Balaban J connectivity index is 2.50. The molecule has 0 aliphatic heterocycles. The van der Waals surface area contributed by atoms with Crippen LogP contribution in [0, 0.1) is 6.92 Å². The van der Waals surface area contributed by atoms with Crippen LogP contribution in [0.2, 0.25) is 5.02 Å². The number of hydrogen-bond acceptors (Lipinski definition) is 1. The van der Waals surface area contributed by atoms with Crippen LogP contribution in [0.5, 0.6) is 5.75 Å². The molecule has 0 aliphatic rings. The van der Waals surface area contributed by atoms with Crippen LogP contribution in [0.15, 0.2) is 42.5 Å². The van der Waals surface area contributed by atoms with E-state index in [1.54, 1.807) is 12.1 Å². The maximum Gasteiger partial charge on any atom is 0.134 e. The highest BCUT2D eigenvalue weighted by Crippen LogP contribution is 2.29. The number of phenols is 1. The molecule has 0 aliphatic carbocycles. The van der Waals surface area contributed by atoms with Crippen molar-refractivity contribution in [2.75, 3.05) is 0 Å². The summed E-state index contributed by atoms with van der Waals surface area (Å²) in [6.07, 6.45) is 0. The van der Waals surface area contributed by atoms with Crippen LogP contribution in [0.3, 0.4) is 0 Å². The SMILES string of the molecule is Cc1cccc(-c2ccc(O)c(Cl)c2)c1. The minimum atomic E-state index is 0.119. The number of rotatable bonds is 1. The van der Waals surface area contributed by atoms with Crippen molar-refractivity contribution in [3.05, 3.63) is 53.1 Å². The molecule has 1 N–H and O–H groups in total. The summed E-state index contributed by atoms with van der Waals surface area (Å²) < 4.78 is 0. The number of phenolic OH excluding ortho intramolecular Hbond substituents is 1. The molecule has 1 nitrogen and oxygen atoms in total. The Morgan fingerprint density at radius 2 is 1.73 bits per heavy atom. The average molecular weight is 219 g/mol. The highest BCUT2D eigenvalue weighted by molar-refractivity contribution is 6.32. The first-order valence-corrected chi connectivity index (χ1v) is 5.10. The van der Waals surface area contributed by atoms with Crippen LogP contribution in [0.25, 0.3) is 11.1 Å². The van der Waals surface area contributed by atoms with Gasteiger partial charge in [0.05, 0.1) is 5.02 Å². The van der Waals surface area contributed by atoms with E-state index in [1.165, 1.54) is 5.56 Å². The van der Waals surface area contributed by atoms with Crippen molar-refractivity contribution in [1.29, 1.82) is 0 Å². The smallest absolute Gasteiger partial charge is 0.134 e. The minimum Gasteiger partial charge on any atom is -0.506 e. The first kappa shape index (κ1) is 10.1. The zero-order valence-corrected chi connectivity index (χ0v) is 9.12. The summed E-state index contributed by atoms with van der Waals surface area (Å²) >= 11 is 5.85. The Labute approximate surface area is 94.0 Å². The summed E-state index contributed by atoms with van der Waals surface area (Å²) in [7, 11) is 0. The van der Waals surface area contributed by atoms with E-state index in [4.69, 9.17) is 11.6 Å². The van der Waals surface area contributed by atoms with E-state index in [0.29, 0.717) is 5.02 Å². The Morgan fingerprint density at radius 3 is 2.40 bits per heavy atom. The molecule has 2 aromatic rings. The van der Waals surface area contributed by atoms with Crippen molar-refractivity contribution in [3.63, 3.8) is 0 Å². The van der Waals surface area contributed by atoms with Gasteiger partial charge in [0.1, 0.15) is 5.75 Å². The van der Waals surface area contributed by atoms with Gasteiger partial charge in [-0.1, -0.05) is 47.5 Å². The second kappa shape index (κ2) is 3.95. The highest BCUT2D eigenvalue weighted by atomic mass is 35.5. The number of benzene rings is 2. The van der Waals surface area contributed by atoms with E-state index in [2.05, 4.69) is 6.07 Å². The van der Waals surface area contributed by atoms with Gasteiger partial charge in [0.15, 0.2) is 0 Å². The molecule has 0 amide bonds. The molecule has 0 atom stereocenters. The number of aryl methyl sites for hydroxylation is 1. The maximum atomic E-state index is 9.31. The quantitative estimate of drug-likeness (QED) is 0.767. The summed E-state index contributed by atoms with van der Waals surface area (Å²) in [6, 6.07) is 13.4. The van der Waals surface area contributed by atoms with E-state index < -0.39 is 0 Å².